The van der Waals surface area contributed by atoms with Crippen molar-refractivity contribution in [2.24, 2.45) is 0 Å². The molecule has 8 heteroatoms. The normalized spacial score (nSPS) is 11.1. The maximum absolute atomic E-state index is 12.7. The molecule has 0 unspecified atom stereocenters. The number of thiazole rings is 1. The molecule has 4 rings (SSSR count). The summed E-state index contributed by atoms with van der Waals surface area (Å²) in [5.74, 6) is -0.466. The number of para-hydroxylation sites is 2. The van der Waals surface area contributed by atoms with Gasteiger partial charge in [0.15, 0.2) is 5.13 Å². The molecule has 0 fully saturated rings. The Morgan fingerprint density at radius 2 is 1.81 bits per heavy atom. The highest BCUT2D eigenvalue weighted by Gasteiger charge is 2.15. The molecule has 0 spiro atoms. The fourth-order valence-corrected chi connectivity index (χ4v) is 3.93. The summed E-state index contributed by atoms with van der Waals surface area (Å²) in [6.07, 6.45) is 0. The number of nitrogens with one attached hydrogen (secondary N) is 1. The van der Waals surface area contributed by atoms with E-state index >= 15 is 0 Å². The van der Waals surface area contributed by atoms with Crippen molar-refractivity contribution in [3.8, 4) is 0 Å². The largest absolute Gasteiger partial charge is 0.331 e. The Bertz CT molecular complexity index is 1250. The summed E-state index contributed by atoms with van der Waals surface area (Å²) >= 11 is 1.34. The summed E-state index contributed by atoms with van der Waals surface area (Å²) in [5, 5.41) is 3.53. The van der Waals surface area contributed by atoms with Crippen molar-refractivity contribution < 1.29 is 4.79 Å². The monoisotopic (exact) mass is 380 g/mol. The van der Waals surface area contributed by atoms with Crippen molar-refractivity contribution in [3.05, 3.63) is 69.4 Å². The molecule has 1 amide bonds. The first kappa shape index (κ1) is 17.2. The van der Waals surface area contributed by atoms with Gasteiger partial charge in [0, 0.05) is 6.54 Å². The van der Waals surface area contributed by atoms with Gasteiger partial charge in [0.1, 0.15) is 6.54 Å². The van der Waals surface area contributed by atoms with Crippen molar-refractivity contribution in [1.82, 2.24) is 14.1 Å². The second kappa shape index (κ2) is 6.81. The standard InChI is InChI=1S/C19H16N4O3S/c1-2-22-14-9-5-3-7-12(14)17(25)23(19(22)26)11-16(24)21-18-20-13-8-4-6-10-15(13)27-18/h3-10H,2,11H2,1H3,(H,20,21,24). The average molecular weight is 380 g/mol. The smallest absolute Gasteiger partial charge is 0.300 e. The minimum atomic E-state index is -0.499. The van der Waals surface area contributed by atoms with Crippen molar-refractivity contribution >= 4 is 43.5 Å². The molecule has 0 atom stereocenters. The summed E-state index contributed by atoms with van der Waals surface area (Å²) < 4.78 is 3.40. The molecule has 2 heterocycles. The van der Waals surface area contributed by atoms with Gasteiger partial charge in [-0.05, 0) is 31.2 Å². The summed E-state index contributed by atoms with van der Waals surface area (Å²) in [7, 11) is 0. The minimum Gasteiger partial charge on any atom is -0.300 e. The van der Waals surface area contributed by atoms with Gasteiger partial charge < -0.3 is 5.32 Å². The van der Waals surface area contributed by atoms with Crippen LogP contribution in [-0.2, 0) is 17.9 Å². The molecule has 0 aliphatic carbocycles. The van der Waals surface area contributed by atoms with Gasteiger partial charge in [-0.2, -0.15) is 0 Å². The van der Waals surface area contributed by atoms with Crippen LogP contribution in [0.25, 0.3) is 21.1 Å². The number of aromatic nitrogens is 3. The molecule has 0 bridgehead atoms. The molecule has 2 aromatic carbocycles. The molecule has 7 nitrogen and oxygen atoms in total. The molecule has 0 aliphatic heterocycles. The van der Waals surface area contributed by atoms with Crippen LogP contribution >= 0.6 is 11.3 Å². The molecule has 4 aromatic rings. The Hall–Kier alpha value is -3.26. The van der Waals surface area contributed by atoms with Crippen LogP contribution in [0, 0.1) is 0 Å². The second-order valence-corrected chi connectivity index (χ2v) is 7.00. The number of benzene rings is 2. The van der Waals surface area contributed by atoms with Gasteiger partial charge in [-0.25, -0.2) is 9.78 Å². The number of carbonyl (C=O) groups is 1. The molecule has 0 aliphatic rings. The van der Waals surface area contributed by atoms with E-state index in [1.54, 1.807) is 24.3 Å². The Labute approximate surface area is 157 Å². The summed E-state index contributed by atoms with van der Waals surface area (Å²) in [6, 6.07) is 14.4. The zero-order valence-corrected chi connectivity index (χ0v) is 15.3. The number of carbonyl (C=O) groups excluding carboxylic acids is 1. The van der Waals surface area contributed by atoms with Gasteiger partial charge >= 0.3 is 5.69 Å². The van der Waals surface area contributed by atoms with Crippen molar-refractivity contribution in [1.29, 1.82) is 0 Å². The van der Waals surface area contributed by atoms with Crippen molar-refractivity contribution in [2.45, 2.75) is 20.0 Å². The third-order valence-electron chi connectivity index (χ3n) is 4.29. The number of nitrogens with zero attached hydrogens (tertiary/aromatic N) is 3. The zero-order valence-electron chi connectivity index (χ0n) is 14.5. The van der Waals surface area contributed by atoms with Gasteiger partial charge in [-0.15, -0.1) is 0 Å². The molecular formula is C19H16N4O3S. The van der Waals surface area contributed by atoms with Crippen LogP contribution in [0.3, 0.4) is 0 Å². The summed E-state index contributed by atoms with van der Waals surface area (Å²) in [6.45, 7) is 1.86. The van der Waals surface area contributed by atoms with Gasteiger partial charge in [0.05, 0.1) is 21.1 Å². The number of hydrogen-bond acceptors (Lipinski definition) is 5. The molecular weight excluding hydrogens is 364 g/mol. The van der Waals surface area contributed by atoms with E-state index in [1.165, 1.54) is 15.9 Å². The first-order valence-electron chi connectivity index (χ1n) is 8.46. The van der Waals surface area contributed by atoms with E-state index in [2.05, 4.69) is 10.3 Å². The van der Waals surface area contributed by atoms with E-state index in [-0.39, 0.29) is 6.54 Å². The Balaban J connectivity index is 1.69. The molecule has 0 radical (unpaired) electrons. The summed E-state index contributed by atoms with van der Waals surface area (Å²) in [4.78, 5) is 42.2. The first-order chi connectivity index (χ1) is 13.1. The van der Waals surface area contributed by atoms with E-state index < -0.39 is 17.2 Å². The fourth-order valence-electron chi connectivity index (χ4n) is 3.04. The predicted molar refractivity (Wildman–Crippen MR) is 106 cm³/mol. The third-order valence-corrected chi connectivity index (χ3v) is 5.24. The highest BCUT2D eigenvalue weighted by molar-refractivity contribution is 7.22. The topological polar surface area (TPSA) is 86.0 Å². The first-order valence-corrected chi connectivity index (χ1v) is 9.28. The molecule has 27 heavy (non-hydrogen) atoms. The fraction of sp³-hybridized carbons (Fsp3) is 0.158. The Kier molecular flexibility index (Phi) is 4.33. The van der Waals surface area contributed by atoms with E-state index in [0.29, 0.717) is 22.6 Å². The lowest BCUT2D eigenvalue weighted by Gasteiger charge is -2.12. The number of amides is 1. The van der Waals surface area contributed by atoms with Crippen LogP contribution in [-0.4, -0.2) is 20.0 Å². The molecule has 0 saturated carbocycles. The van der Waals surface area contributed by atoms with Crippen molar-refractivity contribution in [3.63, 3.8) is 0 Å². The quantitative estimate of drug-likeness (QED) is 0.589. The van der Waals surface area contributed by atoms with Gasteiger partial charge in [0.25, 0.3) is 5.56 Å². The van der Waals surface area contributed by atoms with Gasteiger partial charge in [-0.1, -0.05) is 35.6 Å². The maximum atomic E-state index is 12.7. The van der Waals surface area contributed by atoms with Crippen LogP contribution in [0.15, 0.2) is 58.1 Å². The molecule has 136 valence electrons. The van der Waals surface area contributed by atoms with E-state index in [0.717, 1.165) is 14.8 Å². The highest BCUT2D eigenvalue weighted by atomic mass is 32.1. The highest BCUT2D eigenvalue weighted by Crippen LogP contribution is 2.25. The molecule has 2 aromatic heterocycles. The average Bonchev–Trinajstić information content (AvgIpc) is 3.08. The lowest BCUT2D eigenvalue weighted by atomic mass is 10.2. The minimum absolute atomic E-state index is 0.363. The van der Waals surface area contributed by atoms with E-state index in [9.17, 15) is 14.4 Å². The lowest BCUT2D eigenvalue weighted by molar-refractivity contribution is -0.116. The van der Waals surface area contributed by atoms with Crippen LogP contribution in [0.2, 0.25) is 0 Å². The Morgan fingerprint density at radius 3 is 2.59 bits per heavy atom. The number of aryl methyl sites for hydroxylation is 1. The predicted octanol–water partition coefficient (Wildman–Crippen LogP) is 2.43. The van der Waals surface area contributed by atoms with Gasteiger partial charge in [-0.3, -0.25) is 18.7 Å². The third kappa shape index (κ3) is 3.04. The summed E-state index contributed by atoms with van der Waals surface area (Å²) in [5.41, 5.74) is 0.382. The van der Waals surface area contributed by atoms with Crippen LogP contribution in [0.5, 0.6) is 0 Å². The lowest BCUT2D eigenvalue weighted by Crippen LogP contribution is -2.42. The maximum Gasteiger partial charge on any atom is 0.331 e. The number of rotatable bonds is 4. The zero-order chi connectivity index (χ0) is 19.0. The van der Waals surface area contributed by atoms with Crippen LogP contribution < -0.4 is 16.6 Å². The van der Waals surface area contributed by atoms with E-state index in [1.807, 2.05) is 31.2 Å². The second-order valence-electron chi connectivity index (χ2n) is 5.97. The van der Waals surface area contributed by atoms with Gasteiger partial charge in [0.2, 0.25) is 5.91 Å². The van der Waals surface area contributed by atoms with Crippen LogP contribution in [0.4, 0.5) is 5.13 Å². The number of anilines is 1. The van der Waals surface area contributed by atoms with E-state index in [4.69, 9.17) is 0 Å². The van der Waals surface area contributed by atoms with Crippen LogP contribution in [0.1, 0.15) is 6.92 Å². The SMILES string of the molecule is CCn1c(=O)n(CC(=O)Nc2nc3ccccc3s2)c(=O)c2ccccc21. The Morgan fingerprint density at radius 1 is 1.07 bits per heavy atom. The molecule has 0 saturated heterocycles. The number of hydrogen-bond donors (Lipinski definition) is 1. The van der Waals surface area contributed by atoms with Crippen molar-refractivity contribution in [2.75, 3.05) is 5.32 Å². The molecule has 1 N–H and O–H groups in total. The number of fused-ring (bicyclic) bond motifs is 2.